The summed E-state index contributed by atoms with van der Waals surface area (Å²) in [7, 11) is -2.96. The van der Waals surface area contributed by atoms with Crippen LogP contribution in [0.4, 0.5) is 11.6 Å². The SMILES string of the molecule is CCCc1nc(NCC)cc(NCCS(C)(=O)=O)n1. The van der Waals surface area contributed by atoms with Crippen LogP contribution in [0.2, 0.25) is 0 Å². The molecule has 1 heterocycles. The van der Waals surface area contributed by atoms with Gasteiger partial charge in [0.1, 0.15) is 27.3 Å². The molecule has 0 spiro atoms. The van der Waals surface area contributed by atoms with Gasteiger partial charge in [0.25, 0.3) is 0 Å². The Morgan fingerprint density at radius 2 is 1.79 bits per heavy atom. The molecule has 1 aromatic heterocycles. The van der Waals surface area contributed by atoms with Gasteiger partial charge in [-0.25, -0.2) is 18.4 Å². The zero-order valence-corrected chi connectivity index (χ0v) is 12.5. The summed E-state index contributed by atoms with van der Waals surface area (Å²) in [6.45, 7) is 5.21. The minimum atomic E-state index is -2.96. The van der Waals surface area contributed by atoms with Crippen molar-refractivity contribution in [2.24, 2.45) is 0 Å². The van der Waals surface area contributed by atoms with Gasteiger partial charge in [-0.2, -0.15) is 0 Å². The Morgan fingerprint density at radius 3 is 2.32 bits per heavy atom. The Labute approximate surface area is 115 Å². The van der Waals surface area contributed by atoms with E-state index in [0.29, 0.717) is 12.4 Å². The maximum absolute atomic E-state index is 11.1. The molecule has 0 bridgehead atoms. The number of hydrogen-bond donors (Lipinski definition) is 2. The van der Waals surface area contributed by atoms with Gasteiger partial charge in [0.2, 0.25) is 0 Å². The van der Waals surface area contributed by atoms with Gasteiger partial charge in [-0.05, 0) is 13.3 Å². The van der Waals surface area contributed by atoms with Crippen LogP contribution >= 0.6 is 0 Å². The van der Waals surface area contributed by atoms with E-state index in [4.69, 9.17) is 0 Å². The van der Waals surface area contributed by atoms with Gasteiger partial charge < -0.3 is 10.6 Å². The van der Waals surface area contributed by atoms with Crippen LogP contribution in [0.15, 0.2) is 6.07 Å². The molecule has 0 fully saturated rings. The van der Waals surface area contributed by atoms with Crippen molar-refractivity contribution in [3.05, 3.63) is 11.9 Å². The molecule has 0 radical (unpaired) electrons. The van der Waals surface area contributed by atoms with Crippen LogP contribution in [-0.4, -0.2) is 43.5 Å². The summed E-state index contributed by atoms with van der Waals surface area (Å²) >= 11 is 0. The van der Waals surface area contributed by atoms with Crippen LogP contribution in [0.25, 0.3) is 0 Å². The molecule has 7 heteroatoms. The van der Waals surface area contributed by atoms with Crippen molar-refractivity contribution >= 4 is 21.5 Å². The molecule has 0 unspecified atom stereocenters. The standard InChI is InChI=1S/C12H22N4O2S/c1-4-6-10-15-11(13-5-2)9-12(16-10)14-7-8-19(3,17)18/h9H,4-8H2,1-3H3,(H2,13,14,15,16). The molecule has 0 amide bonds. The molecule has 1 aromatic rings. The summed E-state index contributed by atoms with van der Waals surface area (Å²) in [5, 5.41) is 6.17. The third-order valence-corrected chi connectivity index (χ3v) is 3.33. The number of sulfone groups is 1. The number of rotatable bonds is 8. The number of hydrogen-bond acceptors (Lipinski definition) is 6. The van der Waals surface area contributed by atoms with Crippen molar-refractivity contribution in [2.45, 2.75) is 26.7 Å². The lowest BCUT2D eigenvalue weighted by Gasteiger charge is -2.10. The molecule has 2 N–H and O–H groups in total. The first kappa shape index (κ1) is 15.7. The molecule has 0 saturated carbocycles. The predicted octanol–water partition coefficient (Wildman–Crippen LogP) is 1.32. The van der Waals surface area contributed by atoms with Gasteiger partial charge in [0.15, 0.2) is 0 Å². The fourth-order valence-corrected chi connectivity index (χ4v) is 2.03. The summed E-state index contributed by atoms with van der Waals surface area (Å²) in [6, 6.07) is 1.80. The molecule has 6 nitrogen and oxygen atoms in total. The Kier molecular flexibility index (Phi) is 6.01. The zero-order chi connectivity index (χ0) is 14.3. The highest BCUT2D eigenvalue weighted by Gasteiger charge is 2.05. The molecule has 0 aliphatic carbocycles. The van der Waals surface area contributed by atoms with E-state index in [9.17, 15) is 8.42 Å². The Bertz CT molecular complexity index is 478. The average Bonchev–Trinajstić information content (AvgIpc) is 2.28. The minimum Gasteiger partial charge on any atom is -0.370 e. The lowest BCUT2D eigenvalue weighted by Crippen LogP contribution is -2.16. The van der Waals surface area contributed by atoms with Crippen molar-refractivity contribution in [1.29, 1.82) is 0 Å². The Hall–Kier alpha value is -1.37. The summed E-state index contributed by atoms with van der Waals surface area (Å²) in [6.07, 6.45) is 3.00. The molecule has 0 aliphatic heterocycles. The van der Waals surface area contributed by atoms with Crippen LogP contribution in [0.1, 0.15) is 26.1 Å². The van der Waals surface area contributed by atoms with Crippen LogP contribution in [0, 0.1) is 0 Å². The summed E-state index contributed by atoms with van der Waals surface area (Å²) in [5.74, 6) is 2.29. The lowest BCUT2D eigenvalue weighted by molar-refractivity contribution is 0.602. The van der Waals surface area contributed by atoms with Gasteiger partial charge >= 0.3 is 0 Å². The van der Waals surface area contributed by atoms with Gasteiger partial charge in [0.05, 0.1) is 5.75 Å². The minimum absolute atomic E-state index is 0.0939. The highest BCUT2D eigenvalue weighted by atomic mass is 32.2. The second-order valence-electron chi connectivity index (χ2n) is 4.39. The molecule has 0 saturated heterocycles. The Balaban J connectivity index is 2.74. The molecule has 108 valence electrons. The lowest BCUT2D eigenvalue weighted by atomic mass is 10.3. The smallest absolute Gasteiger partial charge is 0.149 e. The van der Waals surface area contributed by atoms with Crippen LogP contribution in [0.5, 0.6) is 0 Å². The van der Waals surface area contributed by atoms with Crippen molar-refractivity contribution in [1.82, 2.24) is 9.97 Å². The van der Waals surface area contributed by atoms with E-state index >= 15 is 0 Å². The first-order valence-corrected chi connectivity index (χ1v) is 8.54. The van der Waals surface area contributed by atoms with E-state index in [1.54, 1.807) is 6.07 Å². The van der Waals surface area contributed by atoms with Gasteiger partial charge in [-0.3, -0.25) is 0 Å². The highest BCUT2D eigenvalue weighted by molar-refractivity contribution is 7.90. The number of aromatic nitrogens is 2. The topological polar surface area (TPSA) is 84.0 Å². The summed E-state index contributed by atoms with van der Waals surface area (Å²) < 4.78 is 22.2. The number of anilines is 2. The van der Waals surface area contributed by atoms with Crippen LogP contribution in [-0.2, 0) is 16.3 Å². The van der Waals surface area contributed by atoms with E-state index in [1.165, 1.54) is 6.26 Å². The molecule has 0 atom stereocenters. The fourth-order valence-electron chi connectivity index (χ4n) is 1.56. The van der Waals surface area contributed by atoms with E-state index < -0.39 is 9.84 Å². The summed E-state index contributed by atoms with van der Waals surface area (Å²) in [4.78, 5) is 8.76. The van der Waals surface area contributed by atoms with E-state index in [-0.39, 0.29) is 5.75 Å². The average molecular weight is 286 g/mol. The van der Waals surface area contributed by atoms with Gasteiger partial charge in [0, 0.05) is 31.8 Å². The first-order valence-electron chi connectivity index (χ1n) is 6.48. The van der Waals surface area contributed by atoms with Crippen molar-refractivity contribution in [3.63, 3.8) is 0 Å². The van der Waals surface area contributed by atoms with E-state index in [1.807, 2.05) is 6.92 Å². The quantitative estimate of drug-likeness (QED) is 0.750. The van der Waals surface area contributed by atoms with E-state index in [2.05, 4.69) is 27.5 Å². The predicted molar refractivity (Wildman–Crippen MR) is 78.4 cm³/mol. The van der Waals surface area contributed by atoms with Gasteiger partial charge in [-0.1, -0.05) is 6.92 Å². The van der Waals surface area contributed by atoms with Crippen molar-refractivity contribution in [2.75, 3.05) is 35.7 Å². The van der Waals surface area contributed by atoms with Crippen molar-refractivity contribution < 1.29 is 8.42 Å². The normalized spacial score (nSPS) is 11.3. The Morgan fingerprint density at radius 1 is 1.16 bits per heavy atom. The third-order valence-electron chi connectivity index (χ3n) is 2.38. The molecular weight excluding hydrogens is 264 g/mol. The number of aryl methyl sites for hydroxylation is 1. The van der Waals surface area contributed by atoms with E-state index in [0.717, 1.165) is 31.0 Å². The largest absolute Gasteiger partial charge is 0.370 e. The number of nitrogens with one attached hydrogen (secondary N) is 2. The molecular formula is C12H22N4O2S. The van der Waals surface area contributed by atoms with Crippen LogP contribution in [0.3, 0.4) is 0 Å². The second kappa shape index (κ2) is 7.28. The van der Waals surface area contributed by atoms with Gasteiger partial charge in [-0.15, -0.1) is 0 Å². The maximum atomic E-state index is 11.1. The zero-order valence-electron chi connectivity index (χ0n) is 11.7. The summed E-state index contributed by atoms with van der Waals surface area (Å²) in [5.41, 5.74) is 0. The van der Waals surface area contributed by atoms with Crippen LogP contribution < -0.4 is 10.6 Å². The maximum Gasteiger partial charge on any atom is 0.149 e. The van der Waals surface area contributed by atoms with Crippen molar-refractivity contribution in [3.8, 4) is 0 Å². The molecule has 0 aromatic carbocycles. The fraction of sp³-hybridized carbons (Fsp3) is 0.667. The molecule has 0 aliphatic rings. The second-order valence-corrected chi connectivity index (χ2v) is 6.65. The number of nitrogens with zero attached hydrogens (tertiary/aromatic N) is 2. The molecule has 1 rings (SSSR count). The monoisotopic (exact) mass is 286 g/mol. The molecule has 19 heavy (non-hydrogen) atoms. The highest BCUT2D eigenvalue weighted by Crippen LogP contribution is 2.12. The first-order chi connectivity index (χ1) is 8.94. The third kappa shape index (κ3) is 6.37.